The molecule has 0 saturated heterocycles. The second-order valence-electron chi connectivity index (χ2n) is 5.83. The molecule has 2 aromatic carbocycles. The maximum atomic E-state index is 12.3. The molecule has 3 aromatic rings. The van der Waals surface area contributed by atoms with Gasteiger partial charge in [-0.3, -0.25) is 15.1 Å². The molecule has 9 heteroatoms. The van der Waals surface area contributed by atoms with Crippen molar-refractivity contribution in [2.24, 2.45) is 0 Å². The van der Waals surface area contributed by atoms with Gasteiger partial charge in [-0.15, -0.1) is 0 Å². The van der Waals surface area contributed by atoms with E-state index in [1.54, 1.807) is 30.5 Å². The Morgan fingerprint density at radius 2 is 1.71 bits per heavy atom. The topological polar surface area (TPSA) is 111 Å². The van der Waals surface area contributed by atoms with Crippen LogP contribution < -0.4 is 9.46 Å². The lowest BCUT2D eigenvalue weighted by Crippen LogP contribution is -2.23. The van der Waals surface area contributed by atoms with Crippen molar-refractivity contribution in [1.29, 1.82) is 0 Å². The third-order valence-electron chi connectivity index (χ3n) is 3.86. The van der Waals surface area contributed by atoms with Gasteiger partial charge in [0.1, 0.15) is 12.4 Å². The Balaban J connectivity index is 1.57. The van der Waals surface area contributed by atoms with Crippen LogP contribution in [-0.2, 0) is 23.2 Å². The van der Waals surface area contributed by atoms with Crippen molar-refractivity contribution in [2.45, 2.75) is 18.0 Å². The average Bonchev–Trinajstić information content (AvgIpc) is 2.72. The molecule has 0 aliphatic rings. The number of nitrogens with zero attached hydrogens (tertiary/aromatic N) is 2. The predicted octanol–water partition coefficient (Wildman–Crippen LogP) is 3.05. The molecule has 0 spiro atoms. The van der Waals surface area contributed by atoms with E-state index in [0.29, 0.717) is 12.4 Å². The quantitative estimate of drug-likeness (QED) is 0.460. The van der Waals surface area contributed by atoms with Gasteiger partial charge in [0.15, 0.2) is 0 Å². The molecule has 3 rings (SSSR count). The molecule has 0 amide bonds. The number of sulfonamides is 1. The fourth-order valence-electron chi connectivity index (χ4n) is 2.35. The Kier molecular flexibility index (Phi) is 5.97. The Hall–Kier alpha value is -3.30. The van der Waals surface area contributed by atoms with Gasteiger partial charge in [-0.05, 0) is 42.0 Å². The molecule has 0 fully saturated rings. The van der Waals surface area contributed by atoms with Crippen LogP contribution in [0, 0.1) is 10.1 Å². The number of rotatable bonds is 8. The van der Waals surface area contributed by atoms with Crippen LogP contribution in [0.4, 0.5) is 5.69 Å². The van der Waals surface area contributed by atoms with Crippen LogP contribution in [-0.4, -0.2) is 18.3 Å². The van der Waals surface area contributed by atoms with Gasteiger partial charge in [0.2, 0.25) is 10.0 Å². The number of aromatic nitrogens is 1. The molecule has 0 unspecified atom stereocenters. The van der Waals surface area contributed by atoms with Crippen molar-refractivity contribution in [3.63, 3.8) is 0 Å². The second-order valence-corrected chi connectivity index (χ2v) is 7.60. The molecular weight excluding hydrogens is 382 g/mol. The van der Waals surface area contributed by atoms with Crippen LogP contribution in [0.15, 0.2) is 77.8 Å². The normalized spacial score (nSPS) is 11.1. The first-order valence-electron chi connectivity index (χ1n) is 8.30. The highest BCUT2D eigenvalue weighted by atomic mass is 32.2. The predicted molar refractivity (Wildman–Crippen MR) is 102 cm³/mol. The maximum absolute atomic E-state index is 12.3. The standard InChI is InChI=1S/C19H17N3O5S/c23-22(24)17-6-10-19(11-7-17)28(25,26)21-13-15-4-8-18(9-5-15)27-14-16-3-1-2-12-20-16/h1-12,21H,13-14H2. The molecule has 0 aliphatic heterocycles. The molecule has 144 valence electrons. The first kappa shape index (κ1) is 19.5. The van der Waals surface area contributed by atoms with Gasteiger partial charge in [0.25, 0.3) is 5.69 Å². The van der Waals surface area contributed by atoms with E-state index >= 15 is 0 Å². The molecule has 0 bridgehead atoms. The number of ether oxygens (including phenoxy) is 1. The number of benzene rings is 2. The SMILES string of the molecule is O=[N+]([O-])c1ccc(S(=O)(=O)NCc2ccc(OCc3ccccn3)cc2)cc1. The number of nitrogens with one attached hydrogen (secondary N) is 1. The zero-order chi connectivity index (χ0) is 20.0. The van der Waals surface area contributed by atoms with Crippen LogP contribution in [0.2, 0.25) is 0 Å². The highest BCUT2D eigenvalue weighted by Gasteiger charge is 2.15. The van der Waals surface area contributed by atoms with Gasteiger partial charge in [-0.1, -0.05) is 18.2 Å². The zero-order valence-electron chi connectivity index (χ0n) is 14.7. The number of nitro groups is 1. The number of hydrogen-bond donors (Lipinski definition) is 1. The summed E-state index contributed by atoms with van der Waals surface area (Å²) >= 11 is 0. The van der Waals surface area contributed by atoms with Crippen molar-refractivity contribution in [2.75, 3.05) is 0 Å². The first-order chi connectivity index (χ1) is 13.4. The maximum Gasteiger partial charge on any atom is 0.269 e. The Bertz CT molecular complexity index is 1040. The van der Waals surface area contributed by atoms with Crippen molar-refractivity contribution in [3.8, 4) is 5.75 Å². The summed E-state index contributed by atoms with van der Waals surface area (Å²) in [5.41, 5.74) is 1.39. The lowest BCUT2D eigenvalue weighted by Gasteiger charge is -2.09. The highest BCUT2D eigenvalue weighted by molar-refractivity contribution is 7.89. The summed E-state index contributed by atoms with van der Waals surface area (Å²) in [6, 6.07) is 17.3. The minimum atomic E-state index is -3.77. The van der Waals surface area contributed by atoms with Crippen molar-refractivity contribution in [3.05, 3.63) is 94.3 Å². The Morgan fingerprint density at radius 1 is 1.00 bits per heavy atom. The minimum absolute atomic E-state index is 0.0339. The number of nitro benzene ring substituents is 1. The van der Waals surface area contributed by atoms with Crippen LogP contribution in [0.5, 0.6) is 5.75 Å². The summed E-state index contributed by atoms with van der Waals surface area (Å²) < 4.78 is 32.7. The van der Waals surface area contributed by atoms with E-state index in [4.69, 9.17) is 4.74 Å². The third-order valence-corrected chi connectivity index (χ3v) is 5.28. The highest BCUT2D eigenvalue weighted by Crippen LogP contribution is 2.17. The Labute approximate surface area is 162 Å². The number of non-ortho nitro benzene ring substituents is 1. The first-order valence-corrected chi connectivity index (χ1v) is 9.78. The molecule has 0 aliphatic carbocycles. The van der Waals surface area contributed by atoms with Crippen LogP contribution in [0.1, 0.15) is 11.3 Å². The monoisotopic (exact) mass is 399 g/mol. The molecule has 1 heterocycles. The van der Waals surface area contributed by atoms with Crippen LogP contribution >= 0.6 is 0 Å². The average molecular weight is 399 g/mol. The number of hydrogen-bond acceptors (Lipinski definition) is 6. The lowest BCUT2D eigenvalue weighted by molar-refractivity contribution is -0.384. The van der Waals surface area contributed by atoms with Crippen molar-refractivity contribution < 1.29 is 18.1 Å². The minimum Gasteiger partial charge on any atom is -0.487 e. The van der Waals surface area contributed by atoms with E-state index < -0.39 is 14.9 Å². The summed E-state index contributed by atoms with van der Waals surface area (Å²) in [4.78, 5) is 14.2. The van der Waals surface area contributed by atoms with Gasteiger partial charge in [-0.2, -0.15) is 0 Å². The van der Waals surface area contributed by atoms with E-state index in [9.17, 15) is 18.5 Å². The van der Waals surface area contributed by atoms with E-state index in [2.05, 4.69) is 9.71 Å². The second kappa shape index (κ2) is 8.59. The van der Waals surface area contributed by atoms with Crippen molar-refractivity contribution in [1.82, 2.24) is 9.71 Å². The van der Waals surface area contributed by atoms with Gasteiger partial charge in [0, 0.05) is 24.9 Å². The fraction of sp³-hybridized carbons (Fsp3) is 0.105. The largest absolute Gasteiger partial charge is 0.487 e. The molecule has 0 radical (unpaired) electrons. The fourth-order valence-corrected chi connectivity index (χ4v) is 3.37. The zero-order valence-corrected chi connectivity index (χ0v) is 15.5. The summed E-state index contributed by atoms with van der Waals surface area (Å²) in [7, 11) is -3.77. The summed E-state index contributed by atoms with van der Waals surface area (Å²) in [6.45, 7) is 0.423. The van der Waals surface area contributed by atoms with Crippen LogP contribution in [0.25, 0.3) is 0 Å². The molecule has 0 saturated carbocycles. The van der Waals surface area contributed by atoms with Crippen LogP contribution in [0.3, 0.4) is 0 Å². The molecule has 1 N–H and O–H groups in total. The molecular formula is C19H17N3O5S. The van der Waals surface area contributed by atoms with E-state index in [1.165, 1.54) is 12.1 Å². The van der Waals surface area contributed by atoms with Gasteiger partial charge in [-0.25, -0.2) is 13.1 Å². The number of pyridine rings is 1. The lowest BCUT2D eigenvalue weighted by atomic mass is 10.2. The summed E-state index contributed by atoms with van der Waals surface area (Å²) in [5.74, 6) is 0.646. The molecule has 1 aromatic heterocycles. The van der Waals surface area contributed by atoms with Crippen molar-refractivity contribution >= 4 is 15.7 Å². The van der Waals surface area contributed by atoms with Gasteiger partial charge < -0.3 is 4.74 Å². The van der Waals surface area contributed by atoms with E-state index in [1.807, 2.05) is 18.2 Å². The summed E-state index contributed by atoms with van der Waals surface area (Å²) in [6.07, 6.45) is 1.69. The smallest absolute Gasteiger partial charge is 0.269 e. The van der Waals surface area contributed by atoms with E-state index in [-0.39, 0.29) is 17.1 Å². The third kappa shape index (κ3) is 5.12. The van der Waals surface area contributed by atoms with Gasteiger partial charge >= 0.3 is 0 Å². The summed E-state index contributed by atoms with van der Waals surface area (Å²) in [5, 5.41) is 10.7. The molecule has 0 atom stereocenters. The van der Waals surface area contributed by atoms with Gasteiger partial charge in [0.05, 0.1) is 15.5 Å². The Morgan fingerprint density at radius 3 is 2.32 bits per heavy atom. The molecule has 28 heavy (non-hydrogen) atoms. The van der Waals surface area contributed by atoms with E-state index in [0.717, 1.165) is 23.4 Å². The molecule has 8 nitrogen and oxygen atoms in total.